The molecule has 20 heavy (non-hydrogen) atoms. The quantitative estimate of drug-likeness (QED) is 0.486. The van der Waals surface area contributed by atoms with E-state index in [1.807, 2.05) is 14.0 Å². The number of rotatable bonds is 8. The Morgan fingerprint density at radius 1 is 1.30 bits per heavy atom. The molecule has 8 heteroatoms. The van der Waals surface area contributed by atoms with Crippen molar-refractivity contribution in [3.05, 3.63) is 0 Å². The lowest BCUT2D eigenvalue weighted by Gasteiger charge is -2.25. The lowest BCUT2D eigenvalue weighted by atomic mass is 10.2. The lowest BCUT2D eigenvalue weighted by molar-refractivity contribution is -0.145. The molecule has 0 aromatic heterocycles. The Balaban J connectivity index is 2.33. The molecule has 1 rings (SSSR count). The molecule has 4 N–H and O–H groups in total. The molecule has 0 spiro atoms. The van der Waals surface area contributed by atoms with Gasteiger partial charge in [-0.05, 0) is 26.8 Å². The molecule has 0 aromatic rings. The molecule has 0 heterocycles. The zero-order valence-electron chi connectivity index (χ0n) is 11.6. The van der Waals surface area contributed by atoms with E-state index in [4.69, 9.17) is 10.2 Å². The molecule has 0 bridgehead atoms. The molecule has 0 aliphatic heterocycles. The van der Waals surface area contributed by atoms with Crippen molar-refractivity contribution < 1.29 is 24.6 Å². The normalized spacial score (nSPS) is 17.4. The number of carboxylic acid groups (broad SMARTS) is 2. The molecule has 0 radical (unpaired) electrons. The Bertz CT molecular complexity index is 383. The number of carboxylic acids is 2. The first-order valence-corrected chi connectivity index (χ1v) is 6.52. The maximum Gasteiger partial charge on any atom is 0.326 e. The van der Waals surface area contributed by atoms with Crippen molar-refractivity contribution in [3.8, 4) is 0 Å². The zero-order valence-corrected chi connectivity index (χ0v) is 11.6. The van der Waals surface area contributed by atoms with Crippen LogP contribution in [0.15, 0.2) is 0 Å². The summed E-state index contributed by atoms with van der Waals surface area (Å²) in [6, 6.07) is -1.40. The molecular formula is C12H21N3O5. The first kappa shape index (κ1) is 16.2. The molecule has 2 amide bonds. The molecule has 0 saturated heterocycles. The number of urea groups is 1. The summed E-state index contributed by atoms with van der Waals surface area (Å²) in [5, 5.41) is 22.1. The third-order valence-corrected chi connectivity index (χ3v) is 3.36. The van der Waals surface area contributed by atoms with Gasteiger partial charge in [-0.3, -0.25) is 9.69 Å². The van der Waals surface area contributed by atoms with E-state index in [2.05, 4.69) is 15.5 Å². The van der Waals surface area contributed by atoms with Crippen molar-refractivity contribution in [1.82, 2.24) is 15.5 Å². The minimum absolute atomic E-state index is 0.135. The monoisotopic (exact) mass is 287 g/mol. The number of nitrogens with one attached hydrogen (secondary N) is 2. The minimum Gasteiger partial charge on any atom is -0.481 e. The second-order valence-electron chi connectivity index (χ2n) is 5.09. The summed E-state index contributed by atoms with van der Waals surface area (Å²) < 4.78 is 0. The Morgan fingerprint density at radius 3 is 2.35 bits per heavy atom. The van der Waals surface area contributed by atoms with E-state index in [1.165, 1.54) is 0 Å². The Labute approximate surface area is 117 Å². The van der Waals surface area contributed by atoms with Crippen LogP contribution in [0, 0.1) is 0 Å². The molecule has 2 atom stereocenters. The summed E-state index contributed by atoms with van der Waals surface area (Å²) in [4.78, 5) is 35.0. The summed E-state index contributed by atoms with van der Waals surface area (Å²) in [6.45, 7) is 2.34. The van der Waals surface area contributed by atoms with Crippen molar-refractivity contribution in [2.24, 2.45) is 0 Å². The van der Waals surface area contributed by atoms with Gasteiger partial charge in [0.1, 0.15) is 6.04 Å². The predicted molar refractivity (Wildman–Crippen MR) is 70.5 cm³/mol. The van der Waals surface area contributed by atoms with E-state index in [0.29, 0.717) is 12.6 Å². The smallest absolute Gasteiger partial charge is 0.326 e. The van der Waals surface area contributed by atoms with Crippen molar-refractivity contribution in [2.75, 3.05) is 13.6 Å². The van der Waals surface area contributed by atoms with Crippen LogP contribution in [0.2, 0.25) is 0 Å². The van der Waals surface area contributed by atoms with E-state index in [9.17, 15) is 14.4 Å². The van der Waals surface area contributed by atoms with Crippen LogP contribution in [0.3, 0.4) is 0 Å². The highest BCUT2D eigenvalue weighted by Crippen LogP contribution is 2.26. The van der Waals surface area contributed by atoms with Gasteiger partial charge < -0.3 is 20.8 Å². The van der Waals surface area contributed by atoms with E-state index in [0.717, 1.165) is 12.8 Å². The predicted octanol–water partition coefficient (Wildman–Crippen LogP) is -0.304. The Hall–Kier alpha value is -1.83. The van der Waals surface area contributed by atoms with E-state index in [-0.39, 0.29) is 6.04 Å². The van der Waals surface area contributed by atoms with Gasteiger partial charge >= 0.3 is 18.0 Å². The molecule has 1 aliphatic carbocycles. The fraction of sp³-hybridized carbons (Fsp3) is 0.750. The van der Waals surface area contributed by atoms with Crippen molar-refractivity contribution in [3.63, 3.8) is 0 Å². The van der Waals surface area contributed by atoms with Crippen LogP contribution in [-0.2, 0) is 9.59 Å². The molecular weight excluding hydrogens is 266 g/mol. The first-order chi connectivity index (χ1) is 9.31. The molecule has 1 fully saturated rings. The molecule has 114 valence electrons. The van der Waals surface area contributed by atoms with Gasteiger partial charge in [0.05, 0.1) is 6.42 Å². The SMILES string of the molecule is CC(CNC(=O)N[C@@H](CC(=O)O)C(=O)O)N(C)C1CC1. The summed E-state index contributed by atoms with van der Waals surface area (Å²) in [5.74, 6) is -2.65. The van der Waals surface area contributed by atoms with Crippen molar-refractivity contribution in [1.29, 1.82) is 0 Å². The molecule has 1 unspecified atom stereocenters. The van der Waals surface area contributed by atoms with Crippen LogP contribution in [0.25, 0.3) is 0 Å². The van der Waals surface area contributed by atoms with Gasteiger partial charge in [-0.1, -0.05) is 0 Å². The van der Waals surface area contributed by atoms with Gasteiger partial charge in [-0.25, -0.2) is 9.59 Å². The molecule has 1 aliphatic rings. The number of likely N-dealkylation sites (N-methyl/N-ethyl adjacent to an activating group) is 1. The summed E-state index contributed by atoms with van der Waals surface area (Å²) in [6.07, 6.45) is 1.67. The number of hydrogen-bond acceptors (Lipinski definition) is 4. The molecule has 1 saturated carbocycles. The zero-order chi connectivity index (χ0) is 15.3. The summed E-state index contributed by atoms with van der Waals surface area (Å²) in [7, 11) is 1.98. The second-order valence-corrected chi connectivity index (χ2v) is 5.09. The first-order valence-electron chi connectivity index (χ1n) is 6.52. The molecule has 8 nitrogen and oxygen atoms in total. The van der Waals surface area contributed by atoms with Crippen LogP contribution in [0.4, 0.5) is 4.79 Å². The number of carbonyl (C=O) groups excluding carboxylic acids is 1. The summed E-state index contributed by atoms with van der Waals surface area (Å²) >= 11 is 0. The second kappa shape index (κ2) is 7.09. The van der Waals surface area contributed by atoms with Gasteiger partial charge in [0.25, 0.3) is 0 Å². The van der Waals surface area contributed by atoms with Crippen LogP contribution in [-0.4, -0.2) is 64.8 Å². The van der Waals surface area contributed by atoms with Crippen LogP contribution in [0.1, 0.15) is 26.2 Å². The minimum atomic E-state index is -1.43. The Morgan fingerprint density at radius 2 is 1.90 bits per heavy atom. The average molecular weight is 287 g/mol. The topological polar surface area (TPSA) is 119 Å². The van der Waals surface area contributed by atoms with Crippen molar-refractivity contribution >= 4 is 18.0 Å². The lowest BCUT2D eigenvalue weighted by Crippen LogP contribution is -2.50. The number of amides is 2. The highest BCUT2D eigenvalue weighted by atomic mass is 16.4. The number of carbonyl (C=O) groups is 3. The molecule has 0 aromatic carbocycles. The number of aliphatic carboxylic acids is 2. The van der Waals surface area contributed by atoms with Gasteiger partial charge in [-0.15, -0.1) is 0 Å². The fourth-order valence-electron chi connectivity index (χ4n) is 1.81. The third-order valence-electron chi connectivity index (χ3n) is 3.36. The third kappa shape index (κ3) is 5.43. The number of hydrogen-bond donors (Lipinski definition) is 4. The maximum absolute atomic E-state index is 11.6. The van der Waals surface area contributed by atoms with Gasteiger partial charge in [0, 0.05) is 18.6 Å². The van der Waals surface area contributed by atoms with Crippen molar-refractivity contribution in [2.45, 2.75) is 44.3 Å². The standard InChI is InChI=1S/C12H21N3O5/c1-7(15(2)8-3-4-8)6-13-12(20)14-9(11(18)19)5-10(16)17/h7-9H,3-6H2,1-2H3,(H,16,17)(H,18,19)(H2,13,14,20)/t7?,9-/m0/s1. The maximum atomic E-state index is 11.6. The van der Waals surface area contributed by atoms with Gasteiger partial charge in [0.15, 0.2) is 0 Å². The van der Waals surface area contributed by atoms with Crippen LogP contribution < -0.4 is 10.6 Å². The number of nitrogens with zero attached hydrogens (tertiary/aromatic N) is 1. The van der Waals surface area contributed by atoms with E-state index >= 15 is 0 Å². The highest BCUT2D eigenvalue weighted by molar-refractivity contribution is 5.86. The van der Waals surface area contributed by atoms with Crippen LogP contribution >= 0.6 is 0 Å². The summed E-state index contributed by atoms with van der Waals surface area (Å²) in [5.41, 5.74) is 0. The highest BCUT2D eigenvalue weighted by Gasteiger charge is 2.29. The van der Waals surface area contributed by atoms with Gasteiger partial charge in [-0.2, -0.15) is 0 Å². The van der Waals surface area contributed by atoms with E-state index < -0.39 is 30.4 Å². The van der Waals surface area contributed by atoms with E-state index in [1.54, 1.807) is 0 Å². The average Bonchev–Trinajstić information content (AvgIpc) is 3.17. The largest absolute Gasteiger partial charge is 0.481 e. The van der Waals surface area contributed by atoms with Crippen LogP contribution in [0.5, 0.6) is 0 Å². The Kier molecular flexibility index (Phi) is 5.75. The fourth-order valence-corrected chi connectivity index (χ4v) is 1.81. The van der Waals surface area contributed by atoms with Gasteiger partial charge in [0.2, 0.25) is 0 Å².